The van der Waals surface area contributed by atoms with Crippen LogP contribution in [0.25, 0.3) is 88.4 Å². The zero-order chi connectivity index (χ0) is 57.5. The molecular weight excluding hydrogens is 958 g/mol. The summed E-state index contributed by atoms with van der Waals surface area (Å²) < 4.78 is 8.73. The third-order valence-corrected chi connectivity index (χ3v) is 15.8. The summed E-state index contributed by atoms with van der Waals surface area (Å²) in [5.41, 5.74) is 7.39. The highest BCUT2D eigenvalue weighted by Gasteiger charge is 2.35. The minimum Gasteiger partial charge on any atom is -0.456 e. The zero-order valence-electron chi connectivity index (χ0n) is 43.4. The van der Waals surface area contributed by atoms with Gasteiger partial charge in [0.05, 0.1) is 24.6 Å². The van der Waals surface area contributed by atoms with Crippen LogP contribution in [0.15, 0.2) is 142 Å². The van der Waals surface area contributed by atoms with Gasteiger partial charge in [-0.05, 0) is 69.5 Å². The highest BCUT2D eigenvalue weighted by Crippen LogP contribution is 2.47. The molecule has 9 aromatic carbocycles. The van der Waals surface area contributed by atoms with E-state index in [9.17, 15) is 0 Å². The predicted octanol–water partition coefficient (Wildman–Crippen LogP) is -4.55. The van der Waals surface area contributed by atoms with Gasteiger partial charge in [0, 0.05) is 49.7 Å². The van der Waals surface area contributed by atoms with Crippen LogP contribution in [0, 0.1) is 0 Å². The summed E-state index contributed by atoms with van der Waals surface area (Å²) in [5.74, 6) is -1.23. The smallest absolute Gasteiger partial charge is 0.141 e. The van der Waals surface area contributed by atoms with E-state index in [1.807, 2.05) is 30.3 Å². The molecule has 38 radical (unpaired) electrons. The van der Waals surface area contributed by atoms with Gasteiger partial charge in [0.1, 0.15) is 152 Å². The van der Waals surface area contributed by atoms with Gasteiger partial charge in [0.2, 0.25) is 0 Å². The lowest BCUT2D eigenvalue weighted by molar-refractivity contribution is 0.673. The summed E-state index contributed by atoms with van der Waals surface area (Å²) in [4.78, 5) is 1.61. The van der Waals surface area contributed by atoms with Crippen LogP contribution in [0.2, 0.25) is 5.82 Å². The van der Waals surface area contributed by atoms with E-state index in [1.54, 1.807) is 4.90 Å². The molecule has 1 aliphatic rings. The van der Waals surface area contributed by atoms with E-state index in [-0.39, 0.29) is 154 Å². The zero-order valence-corrected chi connectivity index (χ0v) is 43.4. The maximum Gasteiger partial charge on any atom is 0.141 e. The molecule has 330 valence electrons. The molecule has 11 aromatic rings. The fourth-order valence-corrected chi connectivity index (χ4v) is 11.5. The van der Waals surface area contributed by atoms with Gasteiger partial charge in [-0.1, -0.05) is 157 Å². The van der Waals surface area contributed by atoms with E-state index in [0.29, 0.717) is 5.69 Å². The first-order valence-corrected chi connectivity index (χ1v) is 25.2. The number of benzene rings is 9. The van der Waals surface area contributed by atoms with Crippen LogP contribution in [0.5, 0.6) is 0 Å². The lowest BCUT2D eigenvalue weighted by atomic mass is 9.57. The normalized spacial score (nSPS) is 13.7. The van der Waals surface area contributed by atoms with Gasteiger partial charge in [-0.15, -0.1) is 32.8 Å². The topological polar surface area (TPSA) is 21.3 Å². The summed E-state index contributed by atoms with van der Waals surface area (Å²) in [6, 6.07) is 41.0. The molecule has 1 atom stereocenters. The highest BCUT2D eigenvalue weighted by molar-refractivity contribution is 6.72. The number of anilines is 2. The van der Waals surface area contributed by atoms with Crippen molar-refractivity contribution in [3.05, 3.63) is 144 Å². The minimum atomic E-state index is -1.23. The van der Waals surface area contributed by atoms with Crippen molar-refractivity contribution in [3.8, 4) is 39.1 Å². The molecule has 12 rings (SSSR count). The molecule has 2 aromatic heterocycles. The van der Waals surface area contributed by atoms with Gasteiger partial charge in [-0.25, -0.2) is 0 Å². The van der Waals surface area contributed by atoms with Crippen LogP contribution in [-0.2, 0) is 0 Å². The second kappa shape index (κ2) is 20.2. The summed E-state index contributed by atoms with van der Waals surface area (Å²) in [5, 5.41) is 2.77. The van der Waals surface area contributed by atoms with Crippen molar-refractivity contribution in [3.63, 3.8) is 0 Å². The van der Waals surface area contributed by atoms with Crippen LogP contribution in [0.4, 0.5) is 11.4 Å². The van der Waals surface area contributed by atoms with Crippen LogP contribution in [0.1, 0.15) is 5.56 Å². The number of rotatable bonds is 8. The van der Waals surface area contributed by atoms with Gasteiger partial charge < -0.3 is 13.9 Å². The number of nitrogens with zero attached hydrogens (tertiary/aromatic N) is 2. The fraction of sp³-hybridized carbons (Fsp3) is 0.0169. The number of para-hydroxylation sites is 3. The Labute approximate surface area is 496 Å². The van der Waals surface area contributed by atoms with E-state index in [4.69, 9.17) is 153 Å². The van der Waals surface area contributed by atoms with Gasteiger partial charge in [-0.3, -0.25) is 0 Å². The quantitative estimate of drug-likeness (QED) is 0.144. The number of hydrogen-bond acceptors (Lipinski definition) is 2. The summed E-state index contributed by atoms with van der Waals surface area (Å²) in [6.07, 6.45) is 0. The van der Waals surface area contributed by atoms with Gasteiger partial charge in [-0.2, -0.15) is 0 Å². The van der Waals surface area contributed by atoms with Gasteiger partial charge >= 0.3 is 0 Å². The van der Waals surface area contributed by atoms with E-state index >= 15 is 0 Å². The molecule has 0 saturated carbocycles. The molecule has 3 nitrogen and oxygen atoms in total. The molecule has 0 bridgehead atoms. The standard InChI is InChI=1S/C59H21B19N2O/c60-37-31(38(61)48(71)50(73)47(37)70)32-39(62)52(75)56(45(32)68)79(57-53(76)40(63)33(41(64)54(57)77)34-42(65)46(69)43(66)35-36-44(67)49(72)51(74)55(78)59(36)81-58(34)35)24-19-17-22(18-20-24)21-13-15-23(16-14-21)25-7-1-4-10-28(25)80-29-11-5-2-8-26(29)27-9-3-6-12-30(27)80/h1-20,45H. The molecule has 0 fully saturated rings. The second-order valence-electron chi connectivity index (χ2n) is 20.1. The minimum absolute atomic E-state index is 0.00106. The SMILES string of the molecule is [B]C1=C(c2c([B])c([B])c([B])c([B])c2[B])C([B])C(N(c2ccc(-c3ccc(-c4ccccc4-n4c5ccccc5c5ccccc54)cc3)cc2)c2c([B])c([B])c(-c3c([B])c([B])c([B])c4c3oc3c([B])c([B])c([B])c([B])c34)c([B])c2[B])=C1[B]. The molecule has 0 saturated heterocycles. The van der Waals surface area contributed by atoms with Crippen LogP contribution >= 0.6 is 0 Å². The Bertz CT molecular complexity index is 4530. The monoisotopic (exact) mass is 982 g/mol. The number of furan rings is 1. The molecular formula is C59H21B19N2O. The van der Waals surface area contributed by atoms with Crippen molar-refractivity contribution in [2.24, 2.45) is 0 Å². The molecule has 0 spiro atoms. The molecule has 1 unspecified atom stereocenters. The number of allylic oxidation sites excluding steroid dienone is 3. The van der Waals surface area contributed by atoms with Gasteiger partial charge in [0.25, 0.3) is 0 Å². The van der Waals surface area contributed by atoms with E-state index in [0.717, 1.165) is 39.0 Å². The molecule has 1 aliphatic carbocycles. The maximum atomic E-state index is 7.28. The van der Waals surface area contributed by atoms with Gasteiger partial charge in [0.15, 0.2) is 0 Å². The highest BCUT2D eigenvalue weighted by atomic mass is 16.3. The van der Waals surface area contributed by atoms with Crippen molar-refractivity contribution in [2.45, 2.75) is 5.82 Å². The van der Waals surface area contributed by atoms with Crippen molar-refractivity contribution in [1.29, 1.82) is 0 Å². The molecule has 81 heavy (non-hydrogen) atoms. The molecule has 22 heteroatoms. The average Bonchev–Trinajstić information content (AvgIpc) is 3.81. The Hall–Kier alpha value is -6.91. The molecule has 2 heterocycles. The third kappa shape index (κ3) is 8.06. The first-order chi connectivity index (χ1) is 38.7. The maximum absolute atomic E-state index is 7.28. The van der Waals surface area contributed by atoms with Crippen LogP contribution in [0.3, 0.4) is 0 Å². The third-order valence-electron chi connectivity index (χ3n) is 15.8. The Morgan fingerprint density at radius 2 is 0.778 bits per heavy atom. The number of fused-ring (bicyclic) bond motifs is 6. The predicted molar refractivity (Wildman–Crippen MR) is 361 cm³/mol. The first-order valence-electron chi connectivity index (χ1n) is 25.2. The Balaban J connectivity index is 1.01. The van der Waals surface area contributed by atoms with E-state index in [2.05, 4.69) is 95.6 Å². The average molecular weight is 979 g/mol. The molecule has 0 amide bonds. The number of aromatic nitrogens is 1. The lowest BCUT2D eigenvalue weighted by Crippen LogP contribution is -2.56. The lowest BCUT2D eigenvalue weighted by Gasteiger charge is -2.37. The Morgan fingerprint density at radius 3 is 1.35 bits per heavy atom. The number of hydrogen-bond donors (Lipinski definition) is 0. The van der Waals surface area contributed by atoms with Crippen LogP contribution < -0.4 is 92.3 Å². The molecule has 0 aliphatic heterocycles. The van der Waals surface area contributed by atoms with E-state index in [1.165, 1.54) is 10.8 Å². The summed E-state index contributed by atoms with van der Waals surface area (Å²) >= 11 is 0. The Morgan fingerprint density at radius 1 is 0.358 bits per heavy atom. The largest absolute Gasteiger partial charge is 0.456 e. The van der Waals surface area contributed by atoms with Crippen molar-refractivity contribution in [2.75, 3.05) is 4.90 Å². The Kier molecular flexibility index (Phi) is 13.6. The van der Waals surface area contributed by atoms with E-state index < -0.39 is 5.82 Å². The second-order valence-corrected chi connectivity index (χ2v) is 20.1. The van der Waals surface area contributed by atoms with Crippen molar-refractivity contribution < 1.29 is 4.42 Å². The van der Waals surface area contributed by atoms with Crippen molar-refractivity contribution >= 4 is 297 Å². The van der Waals surface area contributed by atoms with Crippen LogP contribution in [-0.4, -0.2) is 154 Å². The first kappa shape index (κ1) is 54.7. The fourth-order valence-electron chi connectivity index (χ4n) is 11.5. The summed E-state index contributed by atoms with van der Waals surface area (Å²) in [6.45, 7) is 0. The van der Waals surface area contributed by atoms with Crippen molar-refractivity contribution in [1.82, 2.24) is 4.57 Å². The summed E-state index contributed by atoms with van der Waals surface area (Å²) in [7, 11) is 128. The molecule has 0 N–H and O–H groups in total.